The molecule has 1 atom stereocenters. The van der Waals surface area contributed by atoms with Crippen molar-refractivity contribution in [3.8, 4) is 0 Å². The maximum atomic E-state index is 13.5. The first kappa shape index (κ1) is 32.0. The van der Waals surface area contributed by atoms with Gasteiger partial charge in [-0.1, -0.05) is 64.4 Å². The molecule has 0 aliphatic carbocycles. The Kier molecular flexibility index (Phi) is 15.9. The third-order valence-electron chi connectivity index (χ3n) is 6.11. The number of hydrogen-bond donors (Lipinski definition) is 0. The Hall–Kier alpha value is -1.04. The average molecular weight is 499 g/mol. The van der Waals surface area contributed by atoms with Crippen LogP contribution in [0.15, 0.2) is 18.2 Å². The van der Waals surface area contributed by atoms with Crippen LogP contribution in [0.2, 0.25) is 0 Å². The summed E-state index contributed by atoms with van der Waals surface area (Å²) in [6.07, 6.45) is 13.0. The third-order valence-corrected chi connectivity index (χ3v) is 6.11. The molecular formula is C30H52F2O3. The molecule has 0 heterocycles. The lowest BCUT2D eigenvalue weighted by molar-refractivity contribution is -0.433. The second kappa shape index (κ2) is 17.4. The van der Waals surface area contributed by atoms with Gasteiger partial charge >= 0.3 is 0 Å². The first-order valence-corrected chi connectivity index (χ1v) is 14.1. The molecule has 0 radical (unpaired) electrons. The number of unbranched alkanes of at least 4 members (excludes halogenated alkanes) is 7. The fourth-order valence-electron chi connectivity index (χ4n) is 4.62. The maximum Gasteiger partial charge on any atom is 0.286 e. The summed E-state index contributed by atoms with van der Waals surface area (Å²) in [5, 5.41) is 0. The quantitative estimate of drug-likeness (QED) is 0.132. The molecule has 0 saturated heterocycles. The molecule has 35 heavy (non-hydrogen) atoms. The molecule has 1 unspecified atom stereocenters. The summed E-state index contributed by atoms with van der Waals surface area (Å²) >= 11 is 0. The number of rotatable bonds is 20. The van der Waals surface area contributed by atoms with Gasteiger partial charge in [0, 0.05) is 5.92 Å². The van der Waals surface area contributed by atoms with Gasteiger partial charge in [0.1, 0.15) is 0 Å². The standard InChI is InChI=1S/C30H52F2O3/c1-8-9-10-11-12-15-18-27(30(33-23(2)3,34-24(4)5)35-25(6)7)19-16-13-14-17-26-20-21-28(31)29(32)22-26/h20-25,27H,8-19H2,1-7H3. The van der Waals surface area contributed by atoms with Crippen LogP contribution in [-0.4, -0.2) is 24.3 Å². The van der Waals surface area contributed by atoms with Gasteiger partial charge in [0.15, 0.2) is 11.6 Å². The zero-order valence-electron chi connectivity index (χ0n) is 23.5. The lowest BCUT2D eigenvalue weighted by Gasteiger charge is -2.43. The van der Waals surface area contributed by atoms with Crippen molar-refractivity contribution in [2.24, 2.45) is 5.92 Å². The Bertz CT molecular complexity index is 649. The van der Waals surface area contributed by atoms with Crippen LogP contribution in [-0.2, 0) is 20.6 Å². The second-order valence-corrected chi connectivity index (χ2v) is 10.7. The second-order valence-electron chi connectivity index (χ2n) is 10.7. The highest BCUT2D eigenvalue weighted by molar-refractivity contribution is 5.17. The molecule has 0 fully saturated rings. The fraction of sp³-hybridized carbons (Fsp3) is 0.800. The first-order valence-electron chi connectivity index (χ1n) is 14.1. The van der Waals surface area contributed by atoms with Crippen LogP contribution in [0, 0.1) is 17.6 Å². The van der Waals surface area contributed by atoms with Crippen molar-refractivity contribution in [3.63, 3.8) is 0 Å². The minimum atomic E-state index is -1.06. The summed E-state index contributed by atoms with van der Waals surface area (Å²) in [5.74, 6) is -2.49. The van der Waals surface area contributed by atoms with Gasteiger partial charge < -0.3 is 14.2 Å². The highest BCUT2D eigenvalue weighted by Gasteiger charge is 2.44. The molecule has 3 nitrogen and oxygen atoms in total. The van der Waals surface area contributed by atoms with E-state index < -0.39 is 17.6 Å². The van der Waals surface area contributed by atoms with E-state index in [0.29, 0.717) is 0 Å². The third kappa shape index (κ3) is 13.2. The molecule has 1 aromatic carbocycles. The topological polar surface area (TPSA) is 27.7 Å². The molecule has 204 valence electrons. The Morgan fingerprint density at radius 1 is 0.657 bits per heavy atom. The van der Waals surface area contributed by atoms with Crippen LogP contribution >= 0.6 is 0 Å². The van der Waals surface area contributed by atoms with E-state index in [0.717, 1.165) is 50.5 Å². The van der Waals surface area contributed by atoms with Crippen LogP contribution in [0.1, 0.15) is 125 Å². The van der Waals surface area contributed by atoms with E-state index >= 15 is 0 Å². The Labute approximate surface area is 214 Å². The van der Waals surface area contributed by atoms with Gasteiger partial charge in [0.2, 0.25) is 0 Å². The summed E-state index contributed by atoms with van der Waals surface area (Å²) in [4.78, 5) is 0. The van der Waals surface area contributed by atoms with Gasteiger partial charge in [0.25, 0.3) is 5.97 Å². The lowest BCUT2D eigenvalue weighted by Crippen LogP contribution is -2.50. The Morgan fingerprint density at radius 2 is 1.14 bits per heavy atom. The smallest absolute Gasteiger partial charge is 0.286 e. The molecule has 5 heteroatoms. The van der Waals surface area contributed by atoms with Gasteiger partial charge in [-0.2, -0.15) is 0 Å². The summed E-state index contributed by atoms with van der Waals surface area (Å²) in [5.41, 5.74) is 0.844. The SMILES string of the molecule is CCCCCCCCC(CCCCCc1ccc(F)c(F)c1)C(OC(C)C)(OC(C)C)OC(C)C. The minimum Gasteiger partial charge on any atom is -0.324 e. The molecule has 0 amide bonds. The molecule has 0 aliphatic heterocycles. The Morgan fingerprint density at radius 3 is 1.63 bits per heavy atom. The van der Waals surface area contributed by atoms with E-state index in [-0.39, 0.29) is 24.2 Å². The van der Waals surface area contributed by atoms with Gasteiger partial charge in [-0.15, -0.1) is 0 Å². The highest BCUT2D eigenvalue weighted by atomic mass is 19.2. The largest absolute Gasteiger partial charge is 0.324 e. The van der Waals surface area contributed by atoms with E-state index in [9.17, 15) is 8.78 Å². The average Bonchev–Trinajstić information content (AvgIpc) is 2.75. The van der Waals surface area contributed by atoms with Crippen molar-refractivity contribution in [3.05, 3.63) is 35.4 Å². The Balaban J connectivity index is 2.84. The predicted octanol–water partition coefficient (Wildman–Crippen LogP) is 9.36. The summed E-state index contributed by atoms with van der Waals surface area (Å²) in [6.45, 7) is 14.4. The van der Waals surface area contributed by atoms with Crippen molar-refractivity contribution < 1.29 is 23.0 Å². The molecule has 0 aromatic heterocycles. The molecule has 0 bridgehead atoms. The zero-order chi connectivity index (χ0) is 26.3. The maximum absolute atomic E-state index is 13.5. The summed E-state index contributed by atoms with van der Waals surface area (Å²) in [7, 11) is 0. The highest BCUT2D eigenvalue weighted by Crippen LogP contribution is 2.37. The van der Waals surface area contributed by atoms with Gasteiger partial charge in [0.05, 0.1) is 18.3 Å². The monoisotopic (exact) mass is 498 g/mol. The molecule has 1 rings (SSSR count). The van der Waals surface area contributed by atoms with E-state index in [4.69, 9.17) is 14.2 Å². The van der Waals surface area contributed by atoms with Crippen LogP contribution in [0.25, 0.3) is 0 Å². The van der Waals surface area contributed by atoms with E-state index in [2.05, 4.69) is 6.92 Å². The van der Waals surface area contributed by atoms with Crippen molar-refractivity contribution in [2.75, 3.05) is 0 Å². The minimum absolute atomic E-state index is 0.0204. The van der Waals surface area contributed by atoms with E-state index in [1.807, 2.05) is 41.5 Å². The van der Waals surface area contributed by atoms with Crippen LogP contribution < -0.4 is 0 Å². The summed E-state index contributed by atoms with van der Waals surface area (Å²) < 4.78 is 46.0. The van der Waals surface area contributed by atoms with E-state index in [1.165, 1.54) is 44.2 Å². The number of benzene rings is 1. The van der Waals surface area contributed by atoms with Crippen molar-refractivity contribution >= 4 is 0 Å². The van der Waals surface area contributed by atoms with Gasteiger partial charge in [-0.05, 0) is 84.9 Å². The molecule has 0 N–H and O–H groups in total. The first-order chi connectivity index (χ1) is 16.6. The molecule has 0 spiro atoms. The lowest BCUT2D eigenvalue weighted by atomic mass is 9.91. The number of ether oxygens (including phenoxy) is 3. The number of hydrogen-bond acceptors (Lipinski definition) is 3. The van der Waals surface area contributed by atoms with Gasteiger partial charge in [-0.25, -0.2) is 8.78 Å². The van der Waals surface area contributed by atoms with Crippen molar-refractivity contribution in [1.82, 2.24) is 0 Å². The van der Waals surface area contributed by atoms with Crippen molar-refractivity contribution in [2.45, 2.75) is 150 Å². The molecule has 0 saturated carbocycles. The normalized spacial score (nSPS) is 13.4. The number of aryl methyl sites for hydroxylation is 1. The predicted molar refractivity (Wildman–Crippen MR) is 141 cm³/mol. The van der Waals surface area contributed by atoms with Gasteiger partial charge in [-0.3, -0.25) is 0 Å². The van der Waals surface area contributed by atoms with E-state index in [1.54, 1.807) is 6.07 Å². The van der Waals surface area contributed by atoms with Crippen LogP contribution in [0.5, 0.6) is 0 Å². The fourth-order valence-corrected chi connectivity index (χ4v) is 4.62. The molecular weight excluding hydrogens is 446 g/mol. The number of halogens is 2. The van der Waals surface area contributed by atoms with Crippen LogP contribution in [0.4, 0.5) is 8.78 Å². The summed E-state index contributed by atoms with van der Waals surface area (Å²) in [6, 6.07) is 4.20. The molecule has 1 aromatic rings. The van der Waals surface area contributed by atoms with Crippen LogP contribution in [0.3, 0.4) is 0 Å². The zero-order valence-corrected chi connectivity index (χ0v) is 23.5. The van der Waals surface area contributed by atoms with Crippen molar-refractivity contribution in [1.29, 1.82) is 0 Å². The molecule has 0 aliphatic rings.